The predicted octanol–water partition coefficient (Wildman–Crippen LogP) is 13.8. The van der Waals surface area contributed by atoms with Gasteiger partial charge in [-0.05, 0) is 162 Å². The largest absolute Gasteiger partial charge is 0.208 e. The summed E-state index contributed by atoms with van der Waals surface area (Å²) in [6.07, 6.45) is 13.4. The van der Waals surface area contributed by atoms with Crippen LogP contribution in [0.2, 0.25) is 0 Å². The van der Waals surface area contributed by atoms with Gasteiger partial charge in [-0.2, -0.15) is 5.26 Å². The van der Waals surface area contributed by atoms with E-state index in [0.29, 0.717) is 11.4 Å². The maximum Gasteiger partial charge on any atom is 0.164 e. The summed E-state index contributed by atoms with van der Waals surface area (Å²) >= 11 is 0. The third-order valence-electron chi connectivity index (χ3n) is 14.9. The molecule has 4 nitrogen and oxygen atoms in total. The smallest absolute Gasteiger partial charge is 0.164 e. The van der Waals surface area contributed by atoms with Gasteiger partial charge in [-0.1, -0.05) is 119 Å². The van der Waals surface area contributed by atoms with Gasteiger partial charge < -0.3 is 0 Å². The van der Waals surface area contributed by atoms with E-state index < -0.39 is 0 Å². The molecule has 0 spiro atoms. The van der Waals surface area contributed by atoms with Gasteiger partial charge in [-0.25, -0.2) is 15.0 Å². The average molecular weight is 761 g/mol. The zero-order chi connectivity index (χ0) is 39.6. The fraction of sp³-hybridized carbons (Fsp3) is 0.407. The maximum absolute atomic E-state index is 9.36. The number of hydrogen-bond acceptors (Lipinski definition) is 4. The molecule has 4 bridgehead atoms. The number of nitrogens with zero attached hydrogens (tertiary/aromatic N) is 4. The van der Waals surface area contributed by atoms with Crippen molar-refractivity contribution in [3.8, 4) is 51.4 Å². The van der Waals surface area contributed by atoms with Crippen molar-refractivity contribution in [3.05, 3.63) is 126 Å². The van der Waals surface area contributed by atoms with E-state index in [0.717, 1.165) is 85.7 Å². The molecular weight excluding hydrogens is 705 g/mol. The first-order chi connectivity index (χ1) is 28.1. The maximum atomic E-state index is 9.36. The lowest BCUT2D eigenvalue weighted by Crippen LogP contribution is -2.42. The van der Waals surface area contributed by atoms with Crippen LogP contribution in [0.15, 0.2) is 109 Å². The Labute approximate surface area is 345 Å². The van der Waals surface area contributed by atoms with Crippen molar-refractivity contribution in [1.82, 2.24) is 15.0 Å². The molecule has 6 aromatic rings. The Bertz CT molecular complexity index is 2370. The minimum atomic E-state index is 0.286. The summed E-state index contributed by atoms with van der Waals surface area (Å²) in [5.74, 6) is 6.94. The zero-order valence-electron chi connectivity index (χ0n) is 34.7. The Morgan fingerprint density at radius 3 is 1.22 bits per heavy atom. The van der Waals surface area contributed by atoms with E-state index >= 15 is 0 Å². The van der Waals surface area contributed by atoms with E-state index in [1.54, 1.807) is 0 Å². The minimum Gasteiger partial charge on any atom is -0.208 e. The van der Waals surface area contributed by atoms with Crippen LogP contribution in [0.3, 0.4) is 0 Å². The van der Waals surface area contributed by atoms with Gasteiger partial charge in [0.1, 0.15) is 0 Å². The van der Waals surface area contributed by atoms with Crippen molar-refractivity contribution in [2.24, 2.45) is 35.5 Å². The van der Waals surface area contributed by atoms with Gasteiger partial charge in [-0.3, -0.25) is 0 Å². The molecule has 2 unspecified atom stereocenters. The summed E-state index contributed by atoms with van der Waals surface area (Å²) in [5.41, 5.74) is 9.55. The summed E-state index contributed by atoms with van der Waals surface area (Å²) in [4.78, 5) is 15.6. The summed E-state index contributed by atoms with van der Waals surface area (Å²) in [7, 11) is 0. The van der Waals surface area contributed by atoms with Gasteiger partial charge in [0.2, 0.25) is 0 Å². The molecule has 0 aliphatic heterocycles. The molecular formula is C54H56N4. The van der Waals surface area contributed by atoms with Crippen molar-refractivity contribution in [2.75, 3.05) is 0 Å². The van der Waals surface area contributed by atoms with E-state index in [1.165, 1.54) is 75.3 Å². The highest BCUT2D eigenvalue weighted by molar-refractivity contribution is 5.88. The third-order valence-corrected chi connectivity index (χ3v) is 14.9. The van der Waals surface area contributed by atoms with Gasteiger partial charge in [0, 0.05) is 16.7 Å². The standard InChI is InChI=1S/C54H56N4/c1-34-21-39-22-35(2)28-53(27-34,31-39)48-17-13-43(14-18-48)51-56-50(42-9-7-41(8-10-42)46-12-11-45-25-38(33-55)5-6-47(45)26-46)57-52(58-51)44-15-19-49(20-16-44)54-29-36(3)23-40(32-54)24-37(4)30-54/h5-20,25-26,34-37,39-40H,21-24,27-32H2,1-4H3/t34-,35+,36-,37+,39-,40-,53?,54?. The van der Waals surface area contributed by atoms with Crippen LogP contribution in [0.5, 0.6) is 0 Å². The molecule has 4 fully saturated rings. The van der Waals surface area contributed by atoms with E-state index in [1.807, 2.05) is 18.2 Å². The SMILES string of the molecule is C[C@@H]1C[C@@H]2C[C@H](C)CC(c3ccc(-c4nc(-c5ccc(-c6ccc7cc(C#N)ccc7c6)cc5)nc(-c5ccc(C67C[C@H](C)C[C@H](C[C@H](C)C6)C7)cc5)n4)cc3)(C1)C2. The van der Waals surface area contributed by atoms with Crippen molar-refractivity contribution in [2.45, 2.75) is 103 Å². The lowest BCUT2D eigenvalue weighted by Gasteiger charge is -2.50. The summed E-state index contributed by atoms with van der Waals surface area (Å²) in [5, 5.41) is 11.5. The van der Waals surface area contributed by atoms with Gasteiger partial charge in [0.15, 0.2) is 17.5 Å². The Morgan fingerprint density at radius 2 is 0.793 bits per heavy atom. The van der Waals surface area contributed by atoms with E-state index in [4.69, 9.17) is 15.0 Å². The number of hydrogen-bond donors (Lipinski definition) is 0. The average Bonchev–Trinajstić information content (AvgIpc) is 3.22. The number of nitriles is 1. The highest BCUT2D eigenvalue weighted by Crippen LogP contribution is 2.55. The van der Waals surface area contributed by atoms with Gasteiger partial charge >= 0.3 is 0 Å². The highest BCUT2D eigenvalue weighted by atomic mass is 15.0. The third kappa shape index (κ3) is 6.95. The predicted molar refractivity (Wildman–Crippen MR) is 237 cm³/mol. The number of fused-ring (bicyclic) bond motifs is 5. The topological polar surface area (TPSA) is 62.5 Å². The molecule has 58 heavy (non-hydrogen) atoms. The Balaban J connectivity index is 1.01. The molecule has 0 amide bonds. The van der Waals surface area contributed by atoms with Crippen LogP contribution in [0.25, 0.3) is 56.1 Å². The van der Waals surface area contributed by atoms with E-state index in [9.17, 15) is 5.26 Å². The van der Waals surface area contributed by atoms with E-state index in [-0.39, 0.29) is 10.8 Å². The van der Waals surface area contributed by atoms with Crippen molar-refractivity contribution >= 4 is 10.8 Å². The lowest BCUT2D eigenvalue weighted by molar-refractivity contribution is 0.0779. The first kappa shape index (κ1) is 37.2. The second kappa shape index (κ2) is 14.6. The molecule has 1 aromatic heterocycles. The normalized spacial score (nSPS) is 29.2. The zero-order valence-corrected chi connectivity index (χ0v) is 34.7. The van der Waals surface area contributed by atoms with Gasteiger partial charge in [0.25, 0.3) is 0 Å². The van der Waals surface area contributed by atoms with Crippen LogP contribution in [0.1, 0.15) is 109 Å². The minimum absolute atomic E-state index is 0.286. The van der Waals surface area contributed by atoms with Crippen molar-refractivity contribution < 1.29 is 0 Å². The molecule has 0 saturated heterocycles. The molecule has 292 valence electrons. The molecule has 4 aliphatic rings. The fourth-order valence-corrected chi connectivity index (χ4v) is 13.1. The fourth-order valence-electron chi connectivity index (χ4n) is 13.1. The lowest BCUT2D eigenvalue weighted by atomic mass is 9.54. The molecule has 4 saturated carbocycles. The first-order valence-electron chi connectivity index (χ1n) is 22.2. The Morgan fingerprint density at radius 1 is 0.431 bits per heavy atom. The van der Waals surface area contributed by atoms with Crippen molar-refractivity contribution in [1.29, 1.82) is 5.26 Å². The van der Waals surface area contributed by atoms with Crippen LogP contribution in [-0.2, 0) is 10.8 Å². The molecule has 10 rings (SSSR count). The molecule has 0 radical (unpaired) electrons. The van der Waals surface area contributed by atoms with Crippen LogP contribution < -0.4 is 0 Å². The Kier molecular flexibility index (Phi) is 9.35. The van der Waals surface area contributed by atoms with Crippen molar-refractivity contribution in [3.63, 3.8) is 0 Å². The number of rotatable bonds is 6. The molecule has 4 heteroatoms. The Hall–Kier alpha value is -5.14. The first-order valence-corrected chi connectivity index (χ1v) is 22.2. The van der Waals surface area contributed by atoms with Crippen LogP contribution in [0, 0.1) is 46.8 Å². The summed E-state index contributed by atoms with van der Waals surface area (Å²) < 4.78 is 0. The van der Waals surface area contributed by atoms with Crippen LogP contribution in [-0.4, -0.2) is 15.0 Å². The summed E-state index contributed by atoms with van der Waals surface area (Å²) in [6, 6.07) is 41.8. The molecule has 0 N–H and O–H groups in total. The monoisotopic (exact) mass is 760 g/mol. The molecule has 5 aromatic carbocycles. The molecule has 1 heterocycles. The molecule has 8 atom stereocenters. The number of benzene rings is 5. The van der Waals surface area contributed by atoms with Gasteiger partial charge in [-0.15, -0.1) is 0 Å². The molecule has 4 aliphatic carbocycles. The number of aromatic nitrogens is 3. The quantitative estimate of drug-likeness (QED) is 0.170. The van der Waals surface area contributed by atoms with Gasteiger partial charge in [0.05, 0.1) is 11.6 Å². The summed E-state index contributed by atoms with van der Waals surface area (Å²) in [6.45, 7) is 9.86. The second-order valence-electron chi connectivity index (χ2n) is 19.8. The van der Waals surface area contributed by atoms with Crippen LogP contribution in [0.4, 0.5) is 0 Å². The second-order valence-corrected chi connectivity index (χ2v) is 19.8. The van der Waals surface area contributed by atoms with E-state index in [2.05, 4.69) is 125 Å². The van der Waals surface area contributed by atoms with Crippen LogP contribution >= 0.6 is 0 Å². The highest BCUT2D eigenvalue weighted by Gasteiger charge is 2.46.